The van der Waals surface area contributed by atoms with Crippen LogP contribution in [0.3, 0.4) is 0 Å². The van der Waals surface area contributed by atoms with E-state index in [2.05, 4.69) is 24.9 Å². The highest BCUT2D eigenvalue weighted by Crippen LogP contribution is 2.27. The number of para-hydroxylation sites is 1. The minimum absolute atomic E-state index is 0.382. The molecule has 0 aliphatic carbocycles. The van der Waals surface area contributed by atoms with Gasteiger partial charge in [0, 0.05) is 11.8 Å². The largest absolute Gasteiger partial charge is 0.489 e. The molecule has 0 aliphatic rings. The fourth-order valence-electron chi connectivity index (χ4n) is 1.79. The highest BCUT2D eigenvalue weighted by atomic mass is 35.5. The summed E-state index contributed by atoms with van der Waals surface area (Å²) in [6.45, 7) is 4.66. The third-order valence-corrected chi connectivity index (χ3v) is 3.38. The number of benzene rings is 1. The molecule has 0 saturated heterocycles. The van der Waals surface area contributed by atoms with Gasteiger partial charge in [-0.3, -0.25) is 0 Å². The van der Waals surface area contributed by atoms with Gasteiger partial charge in [-0.1, -0.05) is 55.2 Å². The van der Waals surface area contributed by atoms with Gasteiger partial charge >= 0.3 is 0 Å². The van der Waals surface area contributed by atoms with Crippen LogP contribution in [-0.2, 0) is 6.61 Å². The molecule has 4 heteroatoms. The van der Waals surface area contributed by atoms with E-state index in [1.807, 2.05) is 18.2 Å². The van der Waals surface area contributed by atoms with Crippen LogP contribution in [0.15, 0.2) is 36.5 Å². The van der Waals surface area contributed by atoms with Crippen molar-refractivity contribution in [3.63, 3.8) is 0 Å². The topological polar surface area (TPSA) is 22.1 Å². The summed E-state index contributed by atoms with van der Waals surface area (Å²) < 4.78 is 5.84. The molecule has 0 bridgehead atoms. The third kappa shape index (κ3) is 3.62. The second-order valence-corrected chi connectivity index (χ2v) is 5.37. The molecule has 2 rings (SSSR count). The van der Waals surface area contributed by atoms with Crippen molar-refractivity contribution in [1.82, 2.24) is 4.98 Å². The normalized spacial score (nSPS) is 10.8. The zero-order valence-electron chi connectivity index (χ0n) is 10.9. The number of halogens is 2. The summed E-state index contributed by atoms with van der Waals surface area (Å²) in [5.41, 5.74) is 2.00. The lowest BCUT2D eigenvalue weighted by atomic mass is 10.0. The molecular formula is C15H15Cl2NO. The van der Waals surface area contributed by atoms with Gasteiger partial charge in [-0.25, -0.2) is 4.98 Å². The van der Waals surface area contributed by atoms with E-state index in [1.54, 1.807) is 12.3 Å². The van der Waals surface area contributed by atoms with Gasteiger partial charge in [-0.05, 0) is 23.6 Å². The van der Waals surface area contributed by atoms with Crippen molar-refractivity contribution in [2.45, 2.75) is 26.4 Å². The Labute approximate surface area is 123 Å². The minimum atomic E-state index is 0.382. The average molecular weight is 296 g/mol. The van der Waals surface area contributed by atoms with E-state index in [0.717, 1.165) is 11.3 Å². The van der Waals surface area contributed by atoms with Crippen molar-refractivity contribution < 1.29 is 4.74 Å². The summed E-state index contributed by atoms with van der Waals surface area (Å²) in [7, 11) is 0. The fourth-order valence-corrected chi connectivity index (χ4v) is 2.21. The standard InChI is InChI=1S/C15H15Cl2NO/c1-10(2)12-5-3-4-6-14(12)19-9-11-8-18-15(17)7-13(11)16/h3-8,10H,9H2,1-2H3. The molecule has 0 fully saturated rings. The van der Waals surface area contributed by atoms with E-state index in [9.17, 15) is 0 Å². The maximum absolute atomic E-state index is 6.09. The molecule has 0 saturated carbocycles. The molecule has 1 aromatic carbocycles. The van der Waals surface area contributed by atoms with Crippen LogP contribution in [0.1, 0.15) is 30.9 Å². The zero-order valence-corrected chi connectivity index (χ0v) is 12.4. The molecule has 0 aliphatic heterocycles. The first-order valence-electron chi connectivity index (χ1n) is 6.09. The number of hydrogen-bond donors (Lipinski definition) is 0. The Balaban J connectivity index is 2.14. The summed E-state index contributed by atoms with van der Waals surface area (Å²) >= 11 is 11.9. The van der Waals surface area contributed by atoms with Gasteiger partial charge < -0.3 is 4.74 Å². The van der Waals surface area contributed by atoms with E-state index in [4.69, 9.17) is 27.9 Å². The van der Waals surface area contributed by atoms with Crippen LogP contribution in [-0.4, -0.2) is 4.98 Å². The lowest BCUT2D eigenvalue weighted by Crippen LogP contribution is -2.00. The minimum Gasteiger partial charge on any atom is -0.489 e. The molecule has 2 nitrogen and oxygen atoms in total. The number of pyridine rings is 1. The number of nitrogens with zero attached hydrogens (tertiary/aromatic N) is 1. The van der Waals surface area contributed by atoms with E-state index in [-0.39, 0.29) is 0 Å². The van der Waals surface area contributed by atoms with Crippen LogP contribution in [0.5, 0.6) is 5.75 Å². The summed E-state index contributed by atoms with van der Waals surface area (Å²) in [5, 5.41) is 0.957. The highest BCUT2D eigenvalue weighted by Gasteiger charge is 2.08. The van der Waals surface area contributed by atoms with E-state index in [0.29, 0.717) is 22.7 Å². The first kappa shape index (κ1) is 14.2. The first-order chi connectivity index (χ1) is 9.08. The quantitative estimate of drug-likeness (QED) is 0.733. The Morgan fingerprint density at radius 1 is 1.21 bits per heavy atom. The molecule has 0 N–H and O–H groups in total. The van der Waals surface area contributed by atoms with Gasteiger partial charge in [0.25, 0.3) is 0 Å². The molecule has 1 aromatic heterocycles. The number of rotatable bonds is 4. The van der Waals surface area contributed by atoms with Crippen molar-refractivity contribution in [2.24, 2.45) is 0 Å². The molecule has 0 spiro atoms. The van der Waals surface area contributed by atoms with E-state index < -0.39 is 0 Å². The number of hydrogen-bond acceptors (Lipinski definition) is 2. The summed E-state index contributed by atoms with van der Waals surface area (Å²) in [6.07, 6.45) is 1.64. The molecule has 0 atom stereocenters. The molecule has 0 unspecified atom stereocenters. The van der Waals surface area contributed by atoms with Gasteiger partial charge in [-0.15, -0.1) is 0 Å². The lowest BCUT2D eigenvalue weighted by Gasteiger charge is -2.14. The Bertz CT molecular complexity index is 570. The van der Waals surface area contributed by atoms with Crippen LogP contribution in [0.25, 0.3) is 0 Å². The number of ether oxygens (including phenoxy) is 1. The van der Waals surface area contributed by atoms with Gasteiger partial charge in [0.1, 0.15) is 17.5 Å². The Morgan fingerprint density at radius 2 is 1.95 bits per heavy atom. The maximum Gasteiger partial charge on any atom is 0.130 e. The molecule has 2 aromatic rings. The summed E-state index contributed by atoms with van der Waals surface area (Å²) in [5.74, 6) is 1.29. The second kappa shape index (κ2) is 6.27. The van der Waals surface area contributed by atoms with Crippen molar-refractivity contribution in [3.8, 4) is 5.75 Å². The van der Waals surface area contributed by atoms with Crippen LogP contribution < -0.4 is 4.74 Å². The van der Waals surface area contributed by atoms with Crippen LogP contribution in [0, 0.1) is 0 Å². The first-order valence-corrected chi connectivity index (χ1v) is 6.85. The fraction of sp³-hybridized carbons (Fsp3) is 0.267. The average Bonchev–Trinajstić information content (AvgIpc) is 2.38. The highest BCUT2D eigenvalue weighted by molar-refractivity contribution is 6.34. The van der Waals surface area contributed by atoms with Crippen molar-refractivity contribution in [1.29, 1.82) is 0 Å². The Hall–Kier alpha value is -1.25. The summed E-state index contributed by atoms with van der Waals surface area (Å²) in [4.78, 5) is 4.01. The van der Waals surface area contributed by atoms with E-state index >= 15 is 0 Å². The van der Waals surface area contributed by atoms with Gasteiger partial charge in [-0.2, -0.15) is 0 Å². The van der Waals surface area contributed by atoms with Gasteiger partial charge in [0.15, 0.2) is 0 Å². The smallest absolute Gasteiger partial charge is 0.130 e. The zero-order chi connectivity index (χ0) is 13.8. The molecule has 0 amide bonds. The molecule has 19 heavy (non-hydrogen) atoms. The van der Waals surface area contributed by atoms with Crippen molar-refractivity contribution in [2.75, 3.05) is 0 Å². The molecular weight excluding hydrogens is 281 g/mol. The van der Waals surface area contributed by atoms with Crippen molar-refractivity contribution in [3.05, 3.63) is 57.8 Å². The van der Waals surface area contributed by atoms with Gasteiger partial charge in [0.2, 0.25) is 0 Å². The lowest BCUT2D eigenvalue weighted by molar-refractivity contribution is 0.301. The summed E-state index contributed by atoms with van der Waals surface area (Å²) in [6, 6.07) is 9.63. The maximum atomic E-state index is 6.09. The Morgan fingerprint density at radius 3 is 2.63 bits per heavy atom. The third-order valence-electron chi connectivity index (χ3n) is 2.82. The van der Waals surface area contributed by atoms with Crippen LogP contribution >= 0.6 is 23.2 Å². The van der Waals surface area contributed by atoms with Gasteiger partial charge in [0.05, 0.1) is 5.02 Å². The van der Waals surface area contributed by atoms with Crippen molar-refractivity contribution >= 4 is 23.2 Å². The predicted molar refractivity (Wildman–Crippen MR) is 79.1 cm³/mol. The second-order valence-electron chi connectivity index (χ2n) is 4.58. The molecule has 1 heterocycles. The molecule has 100 valence electrons. The van der Waals surface area contributed by atoms with E-state index in [1.165, 1.54) is 5.56 Å². The van der Waals surface area contributed by atoms with Crippen LogP contribution in [0.4, 0.5) is 0 Å². The van der Waals surface area contributed by atoms with Crippen LogP contribution in [0.2, 0.25) is 10.2 Å². The monoisotopic (exact) mass is 295 g/mol. The predicted octanol–water partition coefficient (Wildman–Crippen LogP) is 5.09. The number of aromatic nitrogens is 1. The SMILES string of the molecule is CC(C)c1ccccc1OCc1cnc(Cl)cc1Cl. The molecule has 0 radical (unpaired) electrons. The Kier molecular flexibility index (Phi) is 4.67.